The van der Waals surface area contributed by atoms with E-state index in [2.05, 4.69) is 15.9 Å². The van der Waals surface area contributed by atoms with Gasteiger partial charge in [-0.2, -0.15) is 0 Å². The number of halogens is 2. The van der Waals surface area contributed by atoms with Crippen LogP contribution >= 0.6 is 15.9 Å². The lowest BCUT2D eigenvalue weighted by atomic mass is 9.98. The largest absolute Gasteiger partial charge is 0.300 e. The molecule has 3 heteroatoms. The Bertz CT molecular complexity index is 389. The molecule has 0 heterocycles. The zero-order valence-corrected chi connectivity index (χ0v) is 9.89. The Balaban J connectivity index is 2.11. The maximum Gasteiger partial charge on any atom is 0.137 e. The smallest absolute Gasteiger partial charge is 0.137 e. The minimum atomic E-state index is -0.225. The number of hydrogen-bond donors (Lipinski definition) is 0. The molecule has 0 radical (unpaired) electrons. The van der Waals surface area contributed by atoms with Crippen molar-refractivity contribution in [1.82, 2.24) is 0 Å². The van der Waals surface area contributed by atoms with Gasteiger partial charge in [-0.1, -0.05) is 12.1 Å². The van der Waals surface area contributed by atoms with E-state index in [-0.39, 0.29) is 5.82 Å². The highest BCUT2D eigenvalue weighted by Crippen LogP contribution is 2.29. The topological polar surface area (TPSA) is 17.1 Å². The monoisotopic (exact) mass is 270 g/mol. The van der Waals surface area contributed by atoms with Crippen LogP contribution in [-0.4, -0.2) is 5.78 Å². The molecule has 1 aliphatic rings. The van der Waals surface area contributed by atoms with Gasteiger partial charge in [0.25, 0.3) is 0 Å². The van der Waals surface area contributed by atoms with Crippen LogP contribution in [0.5, 0.6) is 0 Å². The summed E-state index contributed by atoms with van der Waals surface area (Å²) >= 11 is 3.24. The molecule has 0 amide bonds. The summed E-state index contributed by atoms with van der Waals surface area (Å²) in [5.74, 6) is 0.514. The van der Waals surface area contributed by atoms with Gasteiger partial charge in [-0.3, -0.25) is 4.79 Å². The third kappa shape index (κ3) is 2.46. The van der Waals surface area contributed by atoms with Crippen LogP contribution in [0.4, 0.5) is 4.39 Å². The van der Waals surface area contributed by atoms with Crippen molar-refractivity contribution in [3.63, 3.8) is 0 Å². The predicted octanol–water partition coefficient (Wildman–Crippen LogP) is 3.50. The van der Waals surface area contributed by atoms with Gasteiger partial charge < -0.3 is 0 Å². The molecule has 0 saturated heterocycles. The lowest BCUT2D eigenvalue weighted by Crippen LogP contribution is -2.01. The molecule has 1 saturated carbocycles. The first-order valence-electron chi connectivity index (χ1n) is 5.11. The molecule has 1 nitrogen and oxygen atoms in total. The van der Waals surface area contributed by atoms with Gasteiger partial charge in [0.2, 0.25) is 0 Å². The number of rotatable bonds is 2. The summed E-state index contributed by atoms with van der Waals surface area (Å²) in [6.07, 6.45) is 3.09. The van der Waals surface area contributed by atoms with Crippen molar-refractivity contribution in [2.24, 2.45) is 5.92 Å². The first-order valence-corrected chi connectivity index (χ1v) is 5.90. The molecule has 1 aliphatic carbocycles. The number of carbonyl (C=O) groups is 1. The first-order chi connectivity index (χ1) is 7.16. The Morgan fingerprint density at radius 1 is 1.47 bits per heavy atom. The first kappa shape index (κ1) is 10.8. The Morgan fingerprint density at radius 3 is 2.93 bits per heavy atom. The Morgan fingerprint density at radius 2 is 2.27 bits per heavy atom. The molecule has 0 bridgehead atoms. The number of carbonyl (C=O) groups excluding carboxylic acids is 1. The molecular weight excluding hydrogens is 259 g/mol. The summed E-state index contributed by atoms with van der Waals surface area (Å²) in [6.45, 7) is 0. The van der Waals surface area contributed by atoms with E-state index in [1.165, 1.54) is 6.07 Å². The second-order valence-corrected chi connectivity index (χ2v) is 4.86. The standard InChI is InChI=1S/C12H12BrFO/c13-12-9(2-1-3-11(12)14)6-8-4-5-10(15)7-8/h1-3,8H,4-7H2. The minimum Gasteiger partial charge on any atom is -0.300 e. The summed E-state index contributed by atoms with van der Waals surface area (Å²) in [7, 11) is 0. The highest BCUT2D eigenvalue weighted by atomic mass is 79.9. The Kier molecular flexibility index (Phi) is 3.19. The van der Waals surface area contributed by atoms with E-state index in [0.29, 0.717) is 29.0 Å². The number of Topliss-reactive ketones (excluding diaryl/α,β-unsaturated/α-hetero) is 1. The van der Waals surface area contributed by atoms with E-state index in [1.54, 1.807) is 6.07 Å². The van der Waals surface area contributed by atoms with Gasteiger partial charge in [0.15, 0.2) is 0 Å². The van der Waals surface area contributed by atoms with Crippen molar-refractivity contribution in [3.8, 4) is 0 Å². The zero-order chi connectivity index (χ0) is 10.8. The summed E-state index contributed by atoms with van der Waals surface area (Å²) in [4.78, 5) is 11.1. The summed E-state index contributed by atoms with van der Waals surface area (Å²) in [6, 6.07) is 5.07. The lowest BCUT2D eigenvalue weighted by molar-refractivity contribution is -0.117. The molecule has 0 aliphatic heterocycles. The fourth-order valence-corrected chi connectivity index (χ4v) is 2.51. The molecule has 80 valence electrons. The van der Waals surface area contributed by atoms with E-state index < -0.39 is 0 Å². The van der Waals surface area contributed by atoms with Crippen molar-refractivity contribution in [3.05, 3.63) is 34.1 Å². The van der Waals surface area contributed by atoms with Gasteiger partial charge in [0.1, 0.15) is 11.6 Å². The predicted molar refractivity (Wildman–Crippen MR) is 60.2 cm³/mol. The van der Waals surface area contributed by atoms with Crippen molar-refractivity contribution < 1.29 is 9.18 Å². The highest BCUT2D eigenvalue weighted by molar-refractivity contribution is 9.10. The van der Waals surface area contributed by atoms with E-state index in [1.807, 2.05) is 6.07 Å². The molecule has 1 aromatic carbocycles. The number of hydrogen-bond acceptors (Lipinski definition) is 1. The van der Waals surface area contributed by atoms with Crippen molar-refractivity contribution in [2.75, 3.05) is 0 Å². The van der Waals surface area contributed by atoms with Gasteiger partial charge in [0, 0.05) is 12.8 Å². The third-order valence-electron chi connectivity index (χ3n) is 2.89. The van der Waals surface area contributed by atoms with Crippen LogP contribution in [0.25, 0.3) is 0 Å². The maximum absolute atomic E-state index is 13.2. The van der Waals surface area contributed by atoms with Crippen LogP contribution in [0.1, 0.15) is 24.8 Å². The maximum atomic E-state index is 13.2. The molecule has 0 spiro atoms. The van der Waals surface area contributed by atoms with Crippen molar-refractivity contribution in [1.29, 1.82) is 0 Å². The number of ketones is 1. The van der Waals surface area contributed by atoms with Gasteiger partial charge in [-0.15, -0.1) is 0 Å². The molecule has 0 aromatic heterocycles. The van der Waals surface area contributed by atoms with Gasteiger partial charge in [-0.25, -0.2) is 4.39 Å². The Hall–Kier alpha value is -0.700. The highest BCUT2D eigenvalue weighted by Gasteiger charge is 2.23. The average Bonchev–Trinajstić information content (AvgIpc) is 2.59. The normalized spacial score (nSPS) is 20.9. The lowest BCUT2D eigenvalue weighted by Gasteiger charge is -2.10. The molecule has 1 aromatic rings. The zero-order valence-electron chi connectivity index (χ0n) is 8.30. The van der Waals surface area contributed by atoms with Gasteiger partial charge >= 0.3 is 0 Å². The fraction of sp³-hybridized carbons (Fsp3) is 0.417. The summed E-state index contributed by atoms with van der Waals surface area (Å²) in [5.41, 5.74) is 0.967. The molecule has 0 N–H and O–H groups in total. The minimum absolute atomic E-state index is 0.225. The van der Waals surface area contributed by atoms with Crippen LogP contribution in [0.15, 0.2) is 22.7 Å². The van der Waals surface area contributed by atoms with Crippen LogP contribution in [0.2, 0.25) is 0 Å². The molecule has 1 fully saturated rings. The van der Waals surface area contributed by atoms with Crippen molar-refractivity contribution >= 4 is 21.7 Å². The second-order valence-electron chi connectivity index (χ2n) is 4.06. The molecule has 1 unspecified atom stereocenters. The molecular formula is C12H12BrFO. The SMILES string of the molecule is O=C1CCC(Cc2cccc(F)c2Br)C1. The number of benzene rings is 1. The van der Waals surface area contributed by atoms with Gasteiger partial charge in [-0.05, 0) is 46.3 Å². The Labute approximate surface area is 96.8 Å². The van der Waals surface area contributed by atoms with E-state index in [0.717, 1.165) is 18.4 Å². The third-order valence-corrected chi connectivity index (χ3v) is 3.78. The quantitative estimate of drug-likeness (QED) is 0.804. The fourth-order valence-electron chi connectivity index (χ4n) is 2.08. The summed E-state index contributed by atoms with van der Waals surface area (Å²) < 4.78 is 13.8. The molecule has 2 rings (SSSR count). The molecule has 1 atom stereocenters. The van der Waals surface area contributed by atoms with Crippen LogP contribution < -0.4 is 0 Å². The van der Waals surface area contributed by atoms with Crippen molar-refractivity contribution in [2.45, 2.75) is 25.7 Å². The van der Waals surface area contributed by atoms with Gasteiger partial charge in [0.05, 0.1) is 4.47 Å². The van der Waals surface area contributed by atoms with Crippen LogP contribution in [0, 0.1) is 11.7 Å². The van der Waals surface area contributed by atoms with E-state index in [9.17, 15) is 9.18 Å². The van der Waals surface area contributed by atoms with E-state index >= 15 is 0 Å². The summed E-state index contributed by atoms with van der Waals surface area (Å²) in [5, 5.41) is 0. The second kappa shape index (κ2) is 4.44. The molecule has 15 heavy (non-hydrogen) atoms. The van der Waals surface area contributed by atoms with Crippen LogP contribution in [0.3, 0.4) is 0 Å². The van der Waals surface area contributed by atoms with Crippen LogP contribution in [-0.2, 0) is 11.2 Å². The van der Waals surface area contributed by atoms with E-state index in [4.69, 9.17) is 0 Å². The average molecular weight is 271 g/mol.